The van der Waals surface area contributed by atoms with Gasteiger partial charge in [-0.05, 0) is 37.0 Å². The summed E-state index contributed by atoms with van der Waals surface area (Å²) in [5, 5.41) is 2.94. The molecule has 1 aromatic rings. The first-order valence-corrected chi connectivity index (χ1v) is 9.13. The Morgan fingerprint density at radius 1 is 1.23 bits per heavy atom. The summed E-state index contributed by atoms with van der Waals surface area (Å²) in [7, 11) is -2.90. The van der Waals surface area contributed by atoms with Gasteiger partial charge in [0.2, 0.25) is 0 Å². The van der Waals surface area contributed by atoms with Gasteiger partial charge in [-0.1, -0.05) is 12.1 Å². The number of rotatable bonds is 3. The molecule has 2 aliphatic rings. The van der Waals surface area contributed by atoms with Crippen LogP contribution in [0.1, 0.15) is 41.1 Å². The van der Waals surface area contributed by atoms with E-state index in [0.29, 0.717) is 24.3 Å². The largest absolute Gasteiger partial charge is 0.349 e. The zero-order valence-electron chi connectivity index (χ0n) is 12.2. The van der Waals surface area contributed by atoms with Gasteiger partial charge in [0.05, 0.1) is 11.5 Å². The van der Waals surface area contributed by atoms with Crippen molar-refractivity contribution in [2.75, 3.05) is 11.5 Å². The second-order valence-corrected chi connectivity index (χ2v) is 8.33. The van der Waals surface area contributed by atoms with Crippen LogP contribution in [-0.2, 0) is 9.84 Å². The summed E-state index contributed by atoms with van der Waals surface area (Å²) in [6, 6.07) is 7.72. The predicted octanol–water partition coefficient (Wildman–Crippen LogP) is 1.23. The van der Waals surface area contributed by atoms with E-state index in [9.17, 15) is 13.2 Å². The SMILES string of the molecule is Cl.NC1CC1c1cccc(C(=O)NC2CCS(=O)(=O)CC2)c1. The molecule has 2 fully saturated rings. The highest BCUT2D eigenvalue weighted by Crippen LogP contribution is 2.39. The lowest BCUT2D eigenvalue weighted by molar-refractivity contribution is 0.0934. The Morgan fingerprint density at radius 3 is 2.45 bits per heavy atom. The molecule has 0 spiro atoms. The minimum absolute atomic E-state index is 0. The van der Waals surface area contributed by atoms with Gasteiger partial charge in [0, 0.05) is 23.6 Å². The average Bonchev–Trinajstić information content (AvgIpc) is 3.18. The number of hydrogen-bond acceptors (Lipinski definition) is 4. The van der Waals surface area contributed by atoms with E-state index in [2.05, 4.69) is 5.32 Å². The quantitative estimate of drug-likeness (QED) is 0.863. The van der Waals surface area contributed by atoms with E-state index in [1.54, 1.807) is 6.07 Å². The Labute approximate surface area is 137 Å². The number of hydrogen-bond donors (Lipinski definition) is 2. The van der Waals surface area contributed by atoms with Crippen LogP contribution in [0.2, 0.25) is 0 Å². The number of amides is 1. The molecule has 0 bridgehead atoms. The number of nitrogens with two attached hydrogens (primary N) is 1. The van der Waals surface area contributed by atoms with Crippen LogP contribution in [0.4, 0.5) is 0 Å². The van der Waals surface area contributed by atoms with E-state index < -0.39 is 9.84 Å². The molecule has 5 nitrogen and oxygen atoms in total. The summed E-state index contributed by atoms with van der Waals surface area (Å²) in [5.74, 6) is 0.567. The van der Waals surface area contributed by atoms with Crippen molar-refractivity contribution < 1.29 is 13.2 Å². The van der Waals surface area contributed by atoms with Crippen molar-refractivity contribution in [1.29, 1.82) is 0 Å². The van der Waals surface area contributed by atoms with Gasteiger partial charge in [-0.2, -0.15) is 0 Å². The van der Waals surface area contributed by atoms with E-state index >= 15 is 0 Å². The highest BCUT2D eigenvalue weighted by molar-refractivity contribution is 7.91. The molecule has 7 heteroatoms. The molecule has 2 atom stereocenters. The predicted molar refractivity (Wildman–Crippen MR) is 88.2 cm³/mol. The summed E-state index contributed by atoms with van der Waals surface area (Å²) in [4.78, 5) is 12.3. The summed E-state index contributed by atoms with van der Waals surface area (Å²) in [6.45, 7) is 0. The molecular formula is C15H21ClN2O3S. The molecule has 22 heavy (non-hydrogen) atoms. The van der Waals surface area contributed by atoms with E-state index in [4.69, 9.17) is 5.73 Å². The Balaban J connectivity index is 0.00000176. The lowest BCUT2D eigenvalue weighted by Crippen LogP contribution is -2.40. The van der Waals surface area contributed by atoms with Crippen molar-refractivity contribution >= 4 is 28.2 Å². The summed E-state index contributed by atoms with van der Waals surface area (Å²) in [6.07, 6.45) is 1.98. The zero-order valence-corrected chi connectivity index (χ0v) is 13.8. The molecule has 1 heterocycles. The second kappa shape index (κ2) is 6.56. The average molecular weight is 345 g/mol. The van der Waals surface area contributed by atoms with E-state index in [0.717, 1.165) is 12.0 Å². The van der Waals surface area contributed by atoms with Crippen molar-refractivity contribution in [2.24, 2.45) is 5.73 Å². The highest BCUT2D eigenvalue weighted by Gasteiger charge is 2.35. The fraction of sp³-hybridized carbons (Fsp3) is 0.533. The molecule has 1 saturated carbocycles. The van der Waals surface area contributed by atoms with Gasteiger partial charge in [-0.3, -0.25) is 4.79 Å². The molecule has 1 aliphatic heterocycles. The molecular weight excluding hydrogens is 324 g/mol. The third-order valence-electron chi connectivity index (χ3n) is 4.31. The number of carbonyl (C=O) groups is 1. The van der Waals surface area contributed by atoms with Crippen molar-refractivity contribution in [1.82, 2.24) is 5.32 Å². The van der Waals surface area contributed by atoms with E-state index in [1.807, 2.05) is 18.2 Å². The molecule has 0 aromatic heterocycles. The Morgan fingerprint density at radius 2 is 1.86 bits per heavy atom. The first-order valence-electron chi connectivity index (χ1n) is 7.31. The number of carbonyl (C=O) groups excluding carboxylic acids is 1. The standard InChI is InChI=1S/C15H20N2O3S.ClH/c16-14-9-13(14)10-2-1-3-11(8-10)15(18)17-12-4-6-21(19,20)7-5-12;/h1-3,8,12-14H,4-7,9,16H2,(H,17,18);1H. The molecule has 1 aromatic carbocycles. The van der Waals surface area contributed by atoms with Crippen molar-refractivity contribution in [3.63, 3.8) is 0 Å². The fourth-order valence-electron chi connectivity index (χ4n) is 2.81. The number of nitrogens with one attached hydrogen (secondary N) is 1. The smallest absolute Gasteiger partial charge is 0.251 e. The molecule has 1 saturated heterocycles. The van der Waals surface area contributed by atoms with Crippen LogP contribution in [0.15, 0.2) is 24.3 Å². The third-order valence-corrected chi connectivity index (χ3v) is 6.02. The first-order chi connectivity index (χ1) is 9.94. The van der Waals surface area contributed by atoms with Crippen LogP contribution in [0.5, 0.6) is 0 Å². The maximum absolute atomic E-state index is 12.3. The number of halogens is 1. The third kappa shape index (κ3) is 4.00. The number of benzene rings is 1. The zero-order chi connectivity index (χ0) is 15.0. The lowest BCUT2D eigenvalue weighted by Gasteiger charge is -2.23. The normalized spacial score (nSPS) is 26.8. The molecule has 0 radical (unpaired) electrons. The maximum atomic E-state index is 12.3. The molecule has 3 N–H and O–H groups in total. The molecule has 1 amide bonds. The maximum Gasteiger partial charge on any atom is 0.251 e. The second-order valence-electron chi connectivity index (χ2n) is 6.03. The summed E-state index contributed by atoms with van der Waals surface area (Å²) in [5.41, 5.74) is 7.58. The highest BCUT2D eigenvalue weighted by atomic mass is 35.5. The summed E-state index contributed by atoms with van der Waals surface area (Å²) < 4.78 is 22.8. The topological polar surface area (TPSA) is 89.3 Å². The van der Waals surface area contributed by atoms with Gasteiger partial charge in [0.1, 0.15) is 9.84 Å². The van der Waals surface area contributed by atoms with Crippen LogP contribution in [0, 0.1) is 0 Å². The minimum atomic E-state index is -2.90. The van der Waals surface area contributed by atoms with Crippen LogP contribution in [0.25, 0.3) is 0 Å². The van der Waals surface area contributed by atoms with Gasteiger partial charge >= 0.3 is 0 Å². The Kier molecular flexibility index (Phi) is 5.14. The van der Waals surface area contributed by atoms with E-state index in [-0.39, 0.29) is 41.9 Å². The van der Waals surface area contributed by atoms with Gasteiger partial charge in [0.25, 0.3) is 5.91 Å². The Hall–Kier alpha value is -1.11. The number of sulfone groups is 1. The first kappa shape index (κ1) is 17.2. The lowest BCUT2D eigenvalue weighted by atomic mass is 10.1. The Bertz CT molecular complexity index is 649. The molecule has 3 rings (SSSR count). The van der Waals surface area contributed by atoms with Gasteiger partial charge < -0.3 is 11.1 Å². The fourth-order valence-corrected chi connectivity index (χ4v) is 4.30. The van der Waals surface area contributed by atoms with Crippen LogP contribution in [-0.4, -0.2) is 37.9 Å². The van der Waals surface area contributed by atoms with Crippen molar-refractivity contribution in [2.45, 2.75) is 37.3 Å². The van der Waals surface area contributed by atoms with Crippen molar-refractivity contribution in [3.05, 3.63) is 35.4 Å². The van der Waals surface area contributed by atoms with Gasteiger partial charge in [-0.25, -0.2) is 8.42 Å². The van der Waals surface area contributed by atoms with Crippen LogP contribution in [0.3, 0.4) is 0 Å². The monoisotopic (exact) mass is 344 g/mol. The van der Waals surface area contributed by atoms with Gasteiger partial charge in [0.15, 0.2) is 0 Å². The molecule has 2 unspecified atom stereocenters. The van der Waals surface area contributed by atoms with Gasteiger partial charge in [-0.15, -0.1) is 12.4 Å². The van der Waals surface area contributed by atoms with Crippen molar-refractivity contribution in [3.8, 4) is 0 Å². The minimum Gasteiger partial charge on any atom is -0.349 e. The molecule has 1 aliphatic carbocycles. The van der Waals surface area contributed by atoms with E-state index in [1.165, 1.54) is 0 Å². The van der Waals surface area contributed by atoms with Crippen LogP contribution < -0.4 is 11.1 Å². The molecule has 122 valence electrons. The summed E-state index contributed by atoms with van der Waals surface area (Å²) >= 11 is 0. The van der Waals surface area contributed by atoms with Crippen LogP contribution >= 0.6 is 12.4 Å².